The molecule has 3 N–H and O–H groups in total. The average Bonchev–Trinajstić information content (AvgIpc) is 3.08. The highest BCUT2D eigenvalue weighted by Crippen LogP contribution is 2.25. The summed E-state index contributed by atoms with van der Waals surface area (Å²) in [6.45, 7) is 2.03. The van der Waals surface area contributed by atoms with Gasteiger partial charge in [-0.1, -0.05) is 6.07 Å². The van der Waals surface area contributed by atoms with E-state index in [9.17, 15) is 9.59 Å². The third-order valence-electron chi connectivity index (χ3n) is 4.27. The van der Waals surface area contributed by atoms with Crippen molar-refractivity contribution in [1.82, 2.24) is 15.0 Å². The topological polar surface area (TPSA) is 90.6 Å². The van der Waals surface area contributed by atoms with Crippen LogP contribution in [0.15, 0.2) is 35.1 Å². The molecule has 0 saturated heterocycles. The van der Waals surface area contributed by atoms with Gasteiger partial charge in [0.05, 0.1) is 22.8 Å². The first-order valence-electron chi connectivity index (χ1n) is 7.62. The Bertz CT molecular complexity index is 970. The molecule has 1 aliphatic carbocycles. The molecule has 1 aromatic carbocycles. The highest BCUT2D eigenvalue weighted by molar-refractivity contribution is 6.00. The number of aromatic amines is 2. The Morgan fingerprint density at radius 3 is 2.78 bits per heavy atom. The summed E-state index contributed by atoms with van der Waals surface area (Å²) < 4.78 is 0. The van der Waals surface area contributed by atoms with Crippen LogP contribution in [0.4, 0.5) is 5.82 Å². The van der Waals surface area contributed by atoms with E-state index in [1.807, 2.05) is 37.3 Å². The molecule has 0 saturated carbocycles. The summed E-state index contributed by atoms with van der Waals surface area (Å²) >= 11 is 0. The van der Waals surface area contributed by atoms with Crippen molar-refractivity contribution in [2.24, 2.45) is 0 Å². The summed E-state index contributed by atoms with van der Waals surface area (Å²) in [5.41, 5.74) is 4.04. The van der Waals surface area contributed by atoms with Crippen LogP contribution in [0.25, 0.3) is 11.0 Å². The Hall–Kier alpha value is -2.89. The highest BCUT2D eigenvalue weighted by Gasteiger charge is 2.21. The van der Waals surface area contributed by atoms with Crippen LogP contribution < -0.4 is 11.0 Å². The molecule has 6 nitrogen and oxygen atoms in total. The number of H-pyrrole nitrogens is 2. The second kappa shape index (κ2) is 5.08. The molecule has 2 heterocycles. The third-order valence-corrected chi connectivity index (χ3v) is 4.27. The van der Waals surface area contributed by atoms with Gasteiger partial charge < -0.3 is 15.3 Å². The maximum absolute atomic E-state index is 11.7. The third kappa shape index (κ3) is 2.42. The summed E-state index contributed by atoms with van der Waals surface area (Å²) in [4.78, 5) is 33.0. The van der Waals surface area contributed by atoms with Gasteiger partial charge in [0.25, 0.3) is 0 Å². The van der Waals surface area contributed by atoms with Crippen molar-refractivity contribution in [2.75, 3.05) is 5.32 Å². The summed E-state index contributed by atoms with van der Waals surface area (Å²) in [5, 5.41) is 3.35. The average molecular weight is 308 g/mol. The summed E-state index contributed by atoms with van der Waals surface area (Å²) in [5.74, 6) is 0.933. The molecule has 0 fully saturated rings. The molecule has 0 aliphatic heterocycles. The SMILES string of the molecule is CC(Nc1ccc2c(n1)CCC2=O)c1ccc2[nH]c(=O)[nH]c2c1. The molecule has 1 aliphatic rings. The molecule has 0 spiro atoms. The first-order chi connectivity index (χ1) is 11.1. The maximum atomic E-state index is 11.7. The number of aryl methyl sites for hydroxylation is 1. The number of ketones is 1. The second-order valence-electron chi connectivity index (χ2n) is 5.86. The fourth-order valence-electron chi connectivity index (χ4n) is 3.02. The Kier molecular flexibility index (Phi) is 3.04. The number of anilines is 1. The lowest BCUT2D eigenvalue weighted by Gasteiger charge is -2.15. The number of aromatic nitrogens is 3. The predicted octanol–water partition coefficient (Wildman–Crippen LogP) is 2.55. The normalized spacial score (nSPS) is 14.9. The molecule has 6 heteroatoms. The van der Waals surface area contributed by atoms with Crippen molar-refractivity contribution in [3.05, 3.63) is 57.6 Å². The van der Waals surface area contributed by atoms with Gasteiger partial charge >= 0.3 is 5.69 Å². The first-order valence-corrected chi connectivity index (χ1v) is 7.62. The number of carbonyl (C=O) groups excluding carboxylic acids is 1. The number of nitrogens with one attached hydrogen (secondary N) is 3. The molecule has 23 heavy (non-hydrogen) atoms. The monoisotopic (exact) mass is 308 g/mol. The van der Waals surface area contributed by atoms with Gasteiger partial charge in [-0.15, -0.1) is 0 Å². The van der Waals surface area contributed by atoms with E-state index in [4.69, 9.17) is 0 Å². The Labute approximate surface area is 132 Å². The molecule has 0 amide bonds. The number of benzene rings is 1. The van der Waals surface area contributed by atoms with Gasteiger partial charge in [-0.25, -0.2) is 9.78 Å². The molecule has 0 radical (unpaired) electrons. The number of hydrogen-bond donors (Lipinski definition) is 3. The summed E-state index contributed by atoms with van der Waals surface area (Å²) in [6.07, 6.45) is 1.27. The number of rotatable bonds is 3. The molecular formula is C17H16N4O2. The van der Waals surface area contributed by atoms with E-state index >= 15 is 0 Å². The lowest BCUT2D eigenvalue weighted by molar-refractivity contribution is 0.0994. The highest BCUT2D eigenvalue weighted by atomic mass is 16.1. The van der Waals surface area contributed by atoms with E-state index in [0.29, 0.717) is 12.8 Å². The minimum absolute atomic E-state index is 0.0282. The fourth-order valence-corrected chi connectivity index (χ4v) is 3.02. The van der Waals surface area contributed by atoms with Crippen LogP contribution in [0.3, 0.4) is 0 Å². The number of hydrogen-bond acceptors (Lipinski definition) is 4. The molecule has 0 bridgehead atoms. The van der Waals surface area contributed by atoms with E-state index < -0.39 is 0 Å². The van der Waals surface area contributed by atoms with Crippen molar-refractivity contribution in [3.8, 4) is 0 Å². The molecule has 1 atom stereocenters. The zero-order valence-corrected chi connectivity index (χ0v) is 12.6. The number of pyridine rings is 1. The van der Waals surface area contributed by atoms with Gasteiger partial charge in [-0.05, 0) is 43.2 Å². The van der Waals surface area contributed by atoms with E-state index in [-0.39, 0.29) is 17.5 Å². The molecule has 2 aromatic heterocycles. The van der Waals surface area contributed by atoms with Crippen molar-refractivity contribution < 1.29 is 4.79 Å². The van der Waals surface area contributed by atoms with Crippen LogP contribution in [0.1, 0.15) is 41.0 Å². The molecule has 3 aromatic rings. The van der Waals surface area contributed by atoms with Crippen molar-refractivity contribution >= 4 is 22.6 Å². The van der Waals surface area contributed by atoms with Crippen molar-refractivity contribution in [2.45, 2.75) is 25.8 Å². The Balaban J connectivity index is 1.60. The van der Waals surface area contributed by atoms with Gasteiger partial charge in [0.15, 0.2) is 5.78 Å². The minimum atomic E-state index is -0.206. The van der Waals surface area contributed by atoms with Crippen molar-refractivity contribution in [3.63, 3.8) is 0 Å². The molecule has 1 unspecified atom stereocenters. The van der Waals surface area contributed by atoms with Crippen LogP contribution >= 0.6 is 0 Å². The maximum Gasteiger partial charge on any atom is 0.323 e. The van der Waals surface area contributed by atoms with E-state index in [1.165, 1.54) is 0 Å². The minimum Gasteiger partial charge on any atom is -0.364 e. The lowest BCUT2D eigenvalue weighted by atomic mass is 10.1. The number of imidazole rings is 1. The van der Waals surface area contributed by atoms with E-state index in [1.54, 1.807) is 0 Å². The van der Waals surface area contributed by atoms with Crippen LogP contribution in [-0.2, 0) is 6.42 Å². The van der Waals surface area contributed by atoms with Gasteiger partial charge in [0.2, 0.25) is 0 Å². The Morgan fingerprint density at radius 1 is 1.09 bits per heavy atom. The number of Topliss-reactive ketones (excluding diaryl/α,β-unsaturated/α-hetero) is 1. The standard InChI is InChI=1S/C17H16N4O2/c1-9(10-2-4-13-14(8-10)21-17(23)20-13)18-16-7-3-11-12(19-16)5-6-15(11)22/h2-4,7-9H,5-6H2,1H3,(H,18,19)(H2,20,21,23). The van der Waals surface area contributed by atoms with Crippen LogP contribution in [0.2, 0.25) is 0 Å². The lowest BCUT2D eigenvalue weighted by Crippen LogP contribution is -2.09. The van der Waals surface area contributed by atoms with Gasteiger partial charge in [-0.3, -0.25) is 4.79 Å². The van der Waals surface area contributed by atoms with Crippen LogP contribution in [0, 0.1) is 0 Å². The second-order valence-corrected chi connectivity index (χ2v) is 5.86. The van der Waals surface area contributed by atoms with E-state index in [2.05, 4.69) is 20.3 Å². The Morgan fingerprint density at radius 2 is 1.91 bits per heavy atom. The molecule has 4 rings (SSSR count). The summed E-state index contributed by atoms with van der Waals surface area (Å²) in [6, 6.07) is 9.52. The van der Waals surface area contributed by atoms with E-state index in [0.717, 1.165) is 33.7 Å². The number of carbonyl (C=O) groups is 1. The largest absolute Gasteiger partial charge is 0.364 e. The van der Waals surface area contributed by atoms with Crippen LogP contribution in [-0.4, -0.2) is 20.7 Å². The fraction of sp³-hybridized carbons (Fsp3) is 0.235. The quantitative estimate of drug-likeness (QED) is 0.693. The van der Waals surface area contributed by atoms with Gasteiger partial charge in [0.1, 0.15) is 5.82 Å². The predicted molar refractivity (Wildman–Crippen MR) is 87.8 cm³/mol. The first kappa shape index (κ1) is 13.8. The molecular weight excluding hydrogens is 292 g/mol. The zero-order valence-electron chi connectivity index (χ0n) is 12.6. The zero-order chi connectivity index (χ0) is 16.0. The van der Waals surface area contributed by atoms with Crippen LogP contribution in [0.5, 0.6) is 0 Å². The van der Waals surface area contributed by atoms with Crippen molar-refractivity contribution in [1.29, 1.82) is 0 Å². The van der Waals surface area contributed by atoms with Gasteiger partial charge in [-0.2, -0.15) is 0 Å². The molecule has 116 valence electrons. The summed E-state index contributed by atoms with van der Waals surface area (Å²) in [7, 11) is 0. The number of fused-ring (bicyclic) bond motifs is 2. The van der Waals surface area contributed by atoms with Gasteiger partial charge in [0, 0.05) is 12.0 Å². The number of nitrogens with zero attached hydrogens (tertiary/aromatic N) is 1. The smallest absolute Gasteiger partial charge is 0.323 e.